The minimum absolute atomic E-state index is 0.110. The molecule has 2 fully saturated rings. The summed E-state index contributed by atoms with van der Waals surface area (Å²) in [5.74, 6) is 0.948. The summed E-state index contributed by atoms with van der Waals surface area (Å²) >= 11 is 0. The van der Waals surface area contributed by atoms with E-state index in [0.717, 1.165) is 13.0 Å². The molecule has 0 spiro atoms. The largest absolute Gasteiger partial charge is 0.310 e. The van der Waals surface area contributed by atoms with E-state index < -0.39 is 10.0 Å². The van der Waals surface area contributed by atoms with Gasteiger partial charge in [-0.1, -0.05) is 6.92 Å². The summed E-state index contributed by atoms with van der Waals surface area (Å²) in [6, 6.07) is 0. The predicted molar refractivity (Wildman–Crippen MR) is 60.2 cm³/mol. The standard InChI is InChI=1S/C10H20N2O2S/c1-2-6-15(13,14)12-8-10-7-9(10)4-3-5-11-10/h9,11-12H,2-8H2,1H3. The molecule has 1 aliphatic heterocycles. The van der Waals surface area contributed by atoms with E-state index in [1.54, 1.807) is 0 Å². The van der Waals surface area contributed by atoms with Gasteiger partial charge in [0.15, 0.2) is 0 Å². The number of hydrogen-bond acceptors (Lipinski definition) is 3. The third kappa shape index (κ3) is 2.52. The first kappa shape index (κ1) is 11.4. The number of piperidine rings is 1. The van der Waals surface area contributed by atoms with Crippen LogP contribution in [0.5, 0.6) is 0 Å². The van der Waals surface area contributed by atoms with Crippen molar-refractivity contribution in [3.8, 4) is 0 Å². The van der Waals surface area contributed by atoms with Crippen molar-refractivity contribution in [3.05, 3.63) is 0 Å². The second kappa shape index (κ2) is 4.03. The minimum Gasteiger partial charge on any atom is -0.310 e. The van der Waals surface area contributed by atoms with Crippen molar-refractivity contribution >= 4 is 10.0 Å². The van der Waals surface area contributed by atoms with Gasteiger partial charge in [0.25, 0.3) is 0 Å². The number of sulfonamides is 1. The van der Waals surface area contributed by atoms with Crippen LogP contribution in [0.15, 0.2) is 0 Å². The quantitative estimate of drug-likeness (QED) is 0.724. The fourth-order valence-electron chi connectivity index (χ4n) is 2.52. The molecule has 2 unspecified atom stereocenters. The van der Waals surface area contributed by atoms with Crippen LogP contribution in [0.2, 0.25) is 0 Å². The molecular formula is C10H20N2O2S. The van der Waals surface area contributed by atoms with Crippen LogP contribution < -0.4 is 10.0 Å². The highest BCUT2D eigenvalue weighted by Crippen LogP contribution is 2.48. The number of fused-ring (bicyclic) bond motifs is 1. The highest BCUT2D eigenvalue weighted by Gasteiger charge is 2.54. The molecule has 5 heteroatoms. The maximum atomic E-state index is 11.5. The van der Waals surface area contributed by atoms with Gasteiger partial charge in [-0.15, -0.1) is 0 Å². The lowest BCUT2D eigenvalue weighted by molar-refractivity contribution is 0.382. The predicted octanol–water partition coefficient (Wildman–Crippen LogP) is 0.458. The average Bonchev–Trinajstić information content (AvgIpc) is 2.90. The first-order valence-electron chi connectivity index (χ1n) is 5.80. The summed E-state index contributed by atoms with van der Waals surface area (Å²) in [5.41, 5.74) is 0.110. The van der Waals surface area contributed by atoms with Crippen LogP contribution in [-0.4, -0.2) is 32.8 Å². The number of nitrogens with one attached hydrogen (secondary N) is 2. The Bertz CT molecular complexity index is 328. The van der Waals surface area contributed by atoms with Crippen molar-refractivity contribution in [2.24, 2.45) is 5.92 Å². The highest BCUT2D eigenvalue weighted by atomic mass is 32.2. The molecule has 2 atom stereocenters. The lowest BCUT2D eigenvalue weighted by Crippen LogP contribution is -2.47. The van der Waals surface area contributed by atoms with E-state index >= 15 is 0 Å². The highest BCUT2D eigenvalue weighted by molar-refractivity contribution is 7.89. The van der Waals surface area contributed by atoms with Gasteiger partial charge in [-0.25, -0.2) is 13.1 Å². The van der Waals surface area contributed by atoms with E-state index in [1.807, 2.05) is 6.92 Å². The second-order valence-electron chi connectivity index (χ2n) is 4.77. The molecule has 15 heavy (non-hydrogen) atoms. The first-order valence-corrected chi connectivity index (χ1v) is 7.45. The molecule has 88 valence electrons. The normalized spacial score (nSPS) is 34.9. The van der Waals surface area contributed by atoms with Gasteiger partial charge in [-0.2, -0.15) is 0 Å². The second-order valence-corrected chi connectivity index (χ2v) is 6.69. The van der Waals surface area contributed by atoms with Crippen molar-refractivity contribution in [2.45, 2.75) is 38.1 Å². The van der Waals surface area contributed by atoms with Crippen molar-refractivity contribution in [2.75, 3.05) is 18.8 Å². The monoisotopic (exact) mass is 232 g/mol. The smallest absolute Gasteiger partial charge is 0.211 e. The molecule has 1 saturated carbocycles. The molecule has 2 rings (SSSR count). The zero-order valence-corrected chi connectivity index (χ0v) is 10.1. The molecule has 0 radical (unpaired) electrons. The van der Waals surface area contributed by atoms with Gasteiger partial charge in [0, 0.05) is 12.1 Å². The van der Waals surface area contributed by atoms with Gasteiger partial charge in [0.2, 0.25) is 10.0 Å². The zero-order chi connectivity index (χ0) is 10.9. The van der Waals surface area contributed by atoms with Gasteiger partial charge in [0.1, 0.15) is 0 Å². The van der Waals surface area contributed by atoms with Gasteiger partial charge >= 0.3 is 0 Å². The van der Waals surface area contributed by atoms with E-state index in [1.165, 1.54) is 12.8 Å². The Balaban J connectivity index is 1.84. The fourth-order valence-corrected chi connectivity index (χ4v) is 3.68. The van der Waals surface area contributed by atoms with Crippen LogP contribution in [0.25, 0.3) is 0 Å². The summed E-state index contributed by atoms with van der Waals surface area (Å²) in [5, 5.41) is 3.46. The molecule has 1 heterocycles. The third-order valence-electron chi connectivity index (χ3n) is 3.52. The van der Waals surface area contributed by atoms with Crippen LogP contribution in [0.3, 0.4) is 0 Å². The van der Waals surface area contributed by atoms with Crippen molar-refractivity contribution < 1.29 is 8.42 Å². The first-order chi connectivity index (χ1) is 7.08. The zero-order valence-electron chi connectivity index (χ0n) is 9.25. The maximum absolute atomic E-state index is 11.5. The number of rotatable bonds is 5. The summed E-state index contributed by atoms with van der Waals surface area (Å²) < 4.78 is 25.7. The van der Waals surface area contributed by atoms with Gasteiger partial charge < -0.3 is 5.32 Å². The topological polar surface area (TPSA) is 58.2 Å². The Morgan fingerprint density at radius 3 is 3.00 bits per heavy atom. The van der Waals surface area contributed by atoms with Crippen LogP contribution in [0, 0.1) is 5.92 Å². The molecule has 0 amide bonds. The Labute approximate surface area is 91.9 Å². The molecule has 1 saturated heterocycles. The summed E-state index contributed by atoms with van der Waals surface area (Å²) in [6.45, 7) is 3.50. The van der Waals surface area contributed by atoms with E-state index in [0.29, 0.717) is 18.9 Å². The van der Waals surface area contributed by atoms with Gasteiger partial charge in [-0.3, -0.25) is 0 Å². The molecule has 0 aromatic carbocycles. The molecule has 0 bridgehead atoms. The SMILES string of the molecule is CCCS(=O)(=O)NCC12CC1CCCN2. The number of hydrogen-bond donors (Lipinski definition) is 2. The molecule has 0 aromatic rings. The summed E-state index contributed by atoms with van der Waals surface area (Å²) in [6.07, 6.45) is 4.30. The average molecular weight is 232 g/mol. The Kier molecular flexibility index (Phi) is 3.05. The minimum atomic E-state index is -3.03. The van der Waals surface area contributed by atoms with E-state index in [9.17, 15) is 8.42 Å². The van der Waals surface area contributed by atoms with Crippen molar-refractivity contribution in [1.82, 2.24) is 10.0 Å². The van der Waals surface area contributed by atoms with Crippen molar-refractivity contribution in [3.63, 3.8) is 0 Å². The van der Waals surface area contributed by atoms with E-state index in [-0.39, 0.29) is 11.3 Å². The van der Waals surface area contributed by atoms with E-state index in [2.05, 4.69) is 10.0 Å². The molecular weight excluding hydrogens is 212 g/mol. The van der Waals surface area contributed by atoms with E-state index in [4.69, 9.17) is 0 Å². The molecule has 2 aliphatic rings. The van der Waals surface area contributed by atoms with Crippen molar-refractivity contribution in [1.29, 1.82) is 0 Å². The van der Waals surface area contributed by atoms with Crippen LogP contribution >= 0.6 is 0 Å². The molecule has 2 N–H and O–H groups in total. The maximum Gasteiger partial charge on any atom is 0.211 e. The summed E-state index contributed by atoms with van der Waals surface area (Å²) in [7, 11) is -3.03. The third-order valence-corrected chi connectivity index (χ3v) is 5.05. The van der Waals surface area contributed by atoms with Crippen LogP contribution in [0.4, 0.5) is 0 Å². The molecule has 1 aliphatic carbocycles. The Morgan fingerprint density at radius 1 is 1.53 bits per heavy atom. The Hall–Kier alpha value is -0.130. The van der Waals surface area contributed by atoms with Gasteiger partial charge in [-0.05, 0) is 38.1 Å². The summed E-state index contributed by atoms with van der Waals surface area (Å²) in [4.78, 5) is 0. The lowest BCUT2D eigenvalue weighted by atomic mass is 10.1. The molecule has 0 aromatic heterocycles. The fraction of sp³-hybridized carbons (Fsp3) is 1.00. The van der Waals surface area contributed by atoms with Crippen LogP contribution in [0.1, 0.15) is 32.6 Å². The van der Waals surface area contributed by atoms with Gasteiger partial charge in [0.05, 0.1) is 5.75 Å². The lowest BCUT2D eigenvalue weighted by Gasteiger charge is -2.24. The van der Waals surface area contributed by atoms with Crippen LogP contribution in [-0.2, 0) is 10.0 Å². The molecule has 4 nitrogen and oxygen atoms in total. The Morgan fingerprint density at radius 2 is 2.33 bits per heavy atom.